The minimum atomic E-state index is -0.779. The van der Waals surface area contributed by atoms with E-state index < -0.39 is 11.4 Å². The number of carbonyl (C=O) groups excluding carboxylic acids is 1. The van der Waals surface area contributed by atoms with Crippen molar-refractivity contribution in [3.63, 3.8) is 0 Å². The van der Waals surface area contributed by atoms with Crippen LogP contribution in [0.1, 0.15) is 52.9 Å². The number of carbonyl (C=O) groups is 2. The van der Waals surface area contributed by atoms with E-state index in [-0.39, 0.29) is 11.3 Å². The first-order chi connectivity index (χ1) is 9.26. The summed E-state index contributed by atoms with van der Waals surface area (Å²) in [4.78, 5) is 25.3. The second kappa shape index (κ2) is 6.57. The molecule has 116 valence electrons. The minimum Gasteiger partial charge on any atom is -0.481 e. The molecule has 0 saturated carbocycles. The Kier molecular flexibility index (Phi) is 5.57. The molecule has 0 radical (unpaired) electrons. The van der Waals surface area contributed by atoms with Gasteiger partial charge >= 0.3 is 5.97 Å². The molecule has 0 spiro atoms. The van der Waals surface area contributed by atoms with Crippen LogP contribution in [-0.2, 0) is 9.59 Å². The van der Waals surface area contributed by atoms with Crippen molar-refractivity contribution in [1.29, 1.82) is 0 Å². The Morgan fingerprint density at radius 3 is 2.45 bits per heavy atom. The summed E-state index contributed by atoms with van der Waals surface area (Å²) in [6.45, 7) is 7.66. The Balaban J connectivity index is 2.53. The van der Waals surface area contributed by atoms with E-state index in [1.807, 2.05) is 6.92 Å². The van der Waals surface area contributed by atoms with E-state index >= 15 is 0 Å². The Morgan fingerprint density at radius 2 is 2.00 bits per heavy atom. The number of amides is 1. The zero-order valence-electron chi connectivity index (χ0n) is 12.9. The predicted octanol–water partition coefficient (Wildman–Crippen LogP) is 1.85. The van der Waals surface area contributed by atoms with Gasteiger partial charge in [0.05, 0.1) is 5.41 Å². The molecule has 1 atom stereocenters. The maximum atomic E-state index is 12.2. The van der Waals surface area contributed by atoms with Crippen LogP contribution in [0.4, 0.5) is 0 Å². The molecule has 0 aromatic heterocycles. The number of nitrogens with two attached hydrogens (primary N) is 1. The highest BCUT2D eigenvalue weighted by molar-refractivity contribution is 5.80. The van der Waals surface area contributed by atoms with E-state index in [4.69, 9.17) is 5.73 Å². The van der Waals surface area contributed by atoms with Crippen LogP contribution >= 0.6 is 0 Å². The molecule has 0 aromatic rings. The number of rotatable bonds is 7. The van der Waals surface area contributed by atoms with Gasteiger partial charge in [-0.15, -0.1) is 0 Å². The summed E-state index contributed by atoms with van der Waals surface area (Å²) in [7, 11) is 0. The Bertz CT molecular complexity index is 368. The zero-order chi connectivity index (χ0) is 15.4. The number of carboxylic acid groups (broad SMARTS) is 1. The summed E-state index contributed by atoms with van der Waals surface area (Å²) in [6, 6.07) is 0. The largest absolute Gasteiger partial charge is 0.481 e. The monoisotopic (exact) mass is 284 g/mol. The van der Waals surface area contributed by atoms with Gasteiger partial charge in [-0.3, -0.25) is 9.59 Å². The van der Waals surface area contributed by atoms with Crippen molar-refractivity contribution in [2.75, 3.05) is 19.6 Å². The number of carboxylic acids is 1. The van der Waals surface area contributed by atoms with Gasteiger partial charge in [0, 0.05) is 19.5 Å². The van der Waals surface area contributed by atoms with Crippen molar-refractivity contribution in [1.82, 2.24) is 4.90 Å². The predicted molar refractivity (Wildman–Crippen MR) is 78.2 cm³/mol. The fourth-order valence-corrected chi connectivity index (χ4v) is 2.82. The van der Waals surface area contributed by atoms with E-state index in [2.05, 4.69) is 13.8 Å². The van der Waals surface area contributed by atoms with Gasteiger partial charge < -0.3 is 15.7 Å². The highest BCUT2D eigenvalue weighted by atomic mass is 16.4. The second-order valence-electron chi connectivity index (χ2n) is 6.71. The maximum absolute atomic E-state index is 12.2. The summed E-state index contributed by atoms with van der Waals surface area (Å²) in [5.41, 5.74) is 4.90. The third-order valence-electron chi connectivity index (χ3n) is 4.67. The van der Waals surface area contributed by atoms with Crippen molar-refractivity contribution >= 4 is 11.9 Å². The van der Waals surface area contributed by atoms with E-state index in [1.165, 1.54) is 0 Å². The summed E-state index contributed by atoms with van der Waals surface area (Å²) < 4.78 is 0. The molecule has 3 N–H and O–H groups in total. The first-order valence-corrected chi connectivity index (χ1v) is 7.47. The van der Waals surface area contributed by atoms with Crippen molar-refractivity contribution in [3.8, 4) is 0 Å². The summed E-state index contributed by atoms with van der Waals surface area (Å²) in [5, 5.41) is 9.34. The fraction of sp³-hybridized carbons (Fsp3) is 0.867. The lowest BCUT2D eigenvalue weighted by atomic mass is 9.84. The molecule has 1 heterocycles. The van der Waals surface area contributed by atoms with Crippen molar-refractivity contribution < 1.29 is 14.7 Å². The Morgan fingerprint density at radius 1 is 1.35 bits per heavy atom. The molecule has 1 rings (SSSR count). The van der Waals surface area contributed by atoms with Gasteiger partial charge in [0.25, 0.3) is 0 Å². The Hall–Kier alpha value is -1.10. The summed E-state index contributed by atoms with van der Waals surface area (Å²) in [6.07, 6.45) is 3.31. The third-order valence-corrected chi connectivity index (χ3v) is 4.67. The van der Waals surface area contributed by atoms with E-state index in [9.17, 15) is 14.7 Å². The van der Waals surface area contributed by atoms with Crippen LogP contribution in [0.3, 0.4) is 0 Å². The highest BCUT2D eigenvalue weighted by Gasteiger charge is 2.44. The van der Waals surface area contributed by atoms with Crippen LogP contribution in [0.2, 0.25) is 0 Å². The van der Waals surface area contributed by atoms with Gasteiger partial charge in [-0.25, -0.2) is 0 Å². The van der Waals surface area contributed by atoms with E-state index in [0.717, 1.165) is 12.8 Å². The SMILES string of the molecule is CCC1(C(=O)O)CCN(C(=O)CCC(C)(C)CCN)C1. The van der Waals surface area contributed by atoms with Crippen molar-refractivity contribution in [2.45, 2.75) is 52.9 Å². The third kappa shape index (κ3) is 3.95. The van der Waals surface area contributed by atoms with Crippen LogP contribution in [0.25, 0.3) is 0 Å². The second-order valence-corrected chi connectivity index (χ2v) is 6.71. The molecular weight excluding hydrogens is 256 g/mol. The number of nitrogens with zero attached hydrogens (tertiary/aromatic N) is 1. The van der Waals surface area contributed by atoms with Gasteiger partial charge in [-0.05, 0) is 37.6 Å². The molecule has 1 unspecified atom stereocenters. The molecule has 5 heteroatoms. The Labute approximate surface area is 121 Å². The minimum absolute atomic E-state index is 0.0682. The number of likely N-dealkylation sites (tertiary alicyclic amines) is 1. The van der Waals surface area contributed by atoms with Crippen molar-refractivity contribution in [2.24, 2.45) is 16.6 Å². The van der Waals surface area contributed by atoms with Crippen LogP contribution in [0, 0.1) is 10.8 Å². The quantitative estimate of drug-likeness (QED) is 0.747. The highest BCUT2D eigenvalue weighted by Crippen LogP contribution is 2.35. The van der Waals surface area contributed by atoms with Crippen LogP contribution in [-0.4, -0.2) is 41.5 Å². The number of aliphatic carboxylic acids is 1. The molecule has 20 heavy (non-hydrogen) atoms. The molecule has 1 saturated heterocycles. The van der Waals surface area contributed by atoms with Gasteiger partial charge in [-0.1, -0.05) is 20.8 Å². The van der Waals surface area contributed by atoms with Gasteiger partial charge in [0.15, 0.2) is 0 Å². The maximum Gasteiger partial charge on any atom is 0.311 e. The molecular formula is C15H28N2O3. The molecule has 0 aromatic carbocycles. The molecule has 0 bridgehead atoms. The average Bonchev–Trinajstić information content (AvgIpc) is 2.82. The molecule has 5 nitrogen and oxygen atoms in total. The van der Waals surface area contributed by atoms with Crippen LogP contribution in [0.5, 0.6) is 0 Å². The van der Waals surface area contributed by atoms with Gasteiger partial charge in [-0.2, -0.15) is 0 Å². The lowest BCUT2D eigenvalue weighted by Crippen LogP contribution is -2.36. The summed E-state index contributed by atoms with van der Waals surface area (Å²) >= 11 is 0. The molecule has 1 aliphatic rings. The van der Waals surface area contributed by atoms with Crippen molar-refractivity contribution in [3.05, 3.63) is 0 Å². The van der Waals surface area contributed by atoms with Gasteiger partial charge in [0.2, 0.25) is 5.91 Å². The molecule has 1 amide bonds. The molecule has 1 fully saturated rings. The van der Waals surface area contributed by atoms with Gasteiger partial charge in [0.1, 0.15) is 0 Å². The fourth-order valence-electron chi connectivity index (χ4n) is 2.82. The van der Waals surface area contributed by atoms with E-state index in [1.54, 1.807) is 4.90 Å². The zero-order valence-corrected chi connectivity index (χ0v) is 12.9. The standard InChI is InChI=1S/C15H28N2O3/c1-4-15(13(19)20)8-10-17(11-15)12(18)5-6-14(2,3)7-9-16/h4-11,16H2,1-3H3,(H,19,20). The lowest BCUT2D eigenvalue weighted by Gasteiger charge is -2.26. The first-order valence-electron chi connectivity index (χ1n) is 7.47. The lowest BCUT2D eigenvalue weighted by molar-refractivity contribution is -0.148. The van der Waals surface area contributed by atoms with E-state index in [0.29, 0.717) is 38.9 Å². The number of hydrogen-bond donors (Lipinski definition) is 2. The van der Waals surface area contributed by atoms with Crippen LogP contribution < -0.4 is 5.73 Å². The van der Waals surface area contributed by atoms with Crippen LogP contribution in [0.15, 0.2) is 0 Å². The smallest absolute Gasteiger partial charge is 0.311 e. The first kappa shape index (κ1) is 17.0. The normalized spacial score (nSPS) is 23.1. The summed E-state index contributed by atoms with van der Waals surface area (Å²) in [5.74, 6) is -0.703. The number of hydrogen-bond acceptors (Lipinski definition) is 3. The molecule has 1 aliphatic heterocycles. The average molecular weight is 284 g/mol. The molecule has 0 aliphatic carbocycles. The topological polar surface area (TPSA) is 83.6 Å².